The Morgan fingerprint density at radius 1 is 1.67 bits per heavy atom. The first kappa shape index (κ1) is 11.8. The van der Waals surface area contributed by atoms with Crippen molar-refractivity contribution in [2.45, 2.75) is 11.3 Å². The number of carboxylic acid groups (broad SMARTS) is 1. The van der Waals surface area contributed by atoms with Crippen molar-refractivity contribution in [1.82, 2.24) is 15.2 Å². The molecule has 2 N–H and O–H groups in total. The van der Waals surface area contributed by atoms with E-state index in [2.05, 4.69) is 15.2 Å². The second kappa shape index (κ2) is 4.51. The SMILES string of the molecule is O=C(O)C(CSc1ncn[nH]1)C(F)(F)F. The Balaban J connectivity index is 2.57. The molecule has 1 aromatic heterocycles. The lowest BCUT2D eigenvalue weighted by Gasteiger charge is -2.14. The first-order valence-corrected chi connectivity index (χ1v) is 4.67. The van der Waals surface area contributed by atoms with Gasteiger partial charge in [-0.2, -0.15) is 18.3 Å². The zero-order valence-electron chi connectivity index (χ0n) is 7.15. The van der Waals surface area contributed by atoms with Gasteiger partial charge >= 0.3 is 12.1 Å². The van der Waals surface area contributed by atoms with Crippen LogP contribution in [0.1, 0.15) is 0 Å². The Bertz CT molecular complexity index is 327. The van der Waals surface area contributed by atoms with Crippen molar-refractivity contribution in [1.29, 1.82) is 0 Å². The molecule has 0 radical (unpaired) electrons. The van der Waals surface area contributed by atoms with Crippen molar-refractivity contribution in [3.8, 4) is 0 Å². The number of aliphatic carboxylic acids is 1. The van der Waals surface area contributed by atoms with Gasteiger partial charge in [-0.3, -0.25) is 9.89 Å². The number of H-pyrrole nitrogens is 1. The van der Waals surface area contributed by atoms with E-state index < -0.39 is 23.8 Å². The van der Waals surface area contributed by atoms with Crippen LogP contribution in [0.15, 0.2) is 11.5 Å². The van der Waals surface area contributed by atoms with Crippen LogP contribution in [0, 0.1) is 5.92 Å². The molecule has 1 aromatic rings. The van der Waals surface area contributed by atoms with Crippen molar-refractivity contribution in [3.05, 3.63) is 6.33 Å². The Kier molecular flexibility index (Phi) is 3.56. The van der Waals surface area contributed by atoms with E-state index in [1.54, 1.807) is 0 Å². The average molecular weight is 241 g/mol. The van der Waals surface area contributed by atoms with Gasteiger partial charge in [-0.05, 0) is 0 Å². The summed E-state index contributed by atoms with van der Waals surface area (Å²) in [5, 5.41) is 14.3. The third-order valence-electron chi connectivity index (χ3n) is 1.47. The second-order valence-electron chi connectivity index (χ2n) is 2.53. The lowest BCUT2D eigenvalue weighted by Crippen LogP contribution is -2.32. The van der Waals surface area contributed by atoms with E-state index in [4.69, 9.17) is 5.11 Å². The quantitative estimate of drug-likeness (QED) is 0.773. The third kappa shape index (κ3) is 3.42. The molecule has 9 heteroatoms. The van der Waals surface area contributed by atoms with Crippen LogP contribution >= 0.6 is 11.8 Å². The summed E-state index contributed by atoms with van der Waals surface area (Å²) in [6.45, 7) is 0. The van der Waals surface area contributed by atoms with Crippen LogP contribution in [0.5, 0.6) is 0 Å². The van der Waals surface area contributed by atoms with Crippen LogP contribution < -0.4 is 0 Å². The number of carboxylic acids is 1. The van der Waals surface area contributed by atoms with Gasteiger partial charge in [0.1, 0.15) is 6.33 Å². The highest BCUT2D eigenvalue weighted by Gasteiger charge is 2.45. The predicted molar refractivity (Wildman–Crippen MR) is 44.3 cm³/mol. The fourth-order valence-corrected chi connectivity index (χ4v) is 1.63. The summed E-state index contributed by atoms with van der Waals surface area (Å²) in [7, 11) is 0. The van der Waals surface area contributed by atoms with Crippen LogP contribution in [0.4, 0.5) is 13.2 Å². The summed E-state index contributed by atoms with van der Waals surface area (Å²) in [5.41, 5.74) is 0. The molecule has 0 aliphatic heterocycles. The molecule has 1 unspecified atom stereocenters. The molecule has 0 aromatic carbocycles. The topological polar surface area (TPSA) is 78.9 Å². The Hall–Kier alpha value is -1.25. The van der Waals surface area contributed by atoms with Gasteiger partial charge in [0.25, 0.3) is 0 Å². The van der Waals surface area contributed by atoms with Gasteiger partial charge in [-0.1, -0.05) is 11.8 Å². The maximum absolute atomic E-state index is 12.2. The second-order valence-corrected chi connectivity index (χ2v) is 3.54. The number of carbonyl (C=O) groups is 1. The van der Waals surface area contributed by atoms with Gasteiger partial charge in [0.15, 0.2) is 11.1 Å². The van der Waals surface area contributed by atoms with Crippen molar-refractivity contribution in [2.75, 3.05) is 5.75 Å². The van der Waals surface area contributed by atoms with Crippen LogP contribution in [0.3, 0.4) is 0 Å². The molecule has 15 heavy (non-hydrogen) atoms. The monoisotopic (exact) mass is 241 g/mol. The fourth-order valence-electron chi connectivity index (χ4n) is 0.732. The minimum atomic E-state index is -4.75. The van der Waals surface area contributed by atoms with E-state index in [1.165, 1.54) is 0 Å². The fraction of sp³-hybridized carbons (Fsp3) is 0.500. The predicted octanol–water partition coefficient (Wildman–Crippen LogP) is 1.16. The standard InChI is InChI=1S/C6H6F3N3O2S/c7-6(8,9)3(4(13)14)1-15-5-10-2-11-12-5/h2-3H,1H2,(H,13,14)(H,10,11,12). The van der Waals surface area contributed by atoms with Crippen LogP contribution in [0.25, 0.3) is 0 Å². The smallest absolute Gasteiger partial charge is 0.403 e. The number of rotatable bonds is 4. The van der Waals surface area contributed by atoms with E-state index in [-0.39, 0.29) is 5.16 Å². The van der Waals surface area contributed by atoms with Crippen molar-refractivity contribution < 1.29 is 23.1 Å². The van der Waals surface area contributed by atoms with Gasteiger partial charge in [0, 0.05) is 5.75 Å². The normalized spacial score (nSPS) is 13.8. The number of nitrogens with one attached hydrogen (secondary N) is 1. The zero-order valence-corrected chi connectivity index (χ0v) is 7.97. The maximum atomic E-state index is 12.2. The summed E-state index contributed by atoms with van der Waals surface area (Å²) in [5.74, 6) is -4.92. The molecular formula is C6H6F3N3O2S. The lowest BCUT2D eigenvalue weighted by molar-refractivity contribution is -0.188. The minimum Gasteiger partial charge on any atom is -0.481 e. The molecule has 1 rings (SSSR count). The molecular weight excluding hydrogens is 235 g/mol. The molecule has 5 nitrogen and oxygen atoms in total. The number of thioether (sulfide) groups is 1. The zero-order chi connectivity index (χ0) is 11.5. The molecule has 0 spiro atoms. The Labute approximate surface area is 86.1 Å². The largest absolute Gasteiger partial charge is 0.481 e. The number of aromatic amines is 1. The van der Waals surface area contributed by atoms with E-state index in [0.717, 1.165) is 6.33 Å². The van der Waals surface area contributed by atoms with Gasteiger partial charge in [0.2, 0.25) is 0 Å². The average Bonchev–Trinajstić information content (AvgIpc) is 2.53. The highest BCUT2D eigenvalue weighted by atomic mass is 32.2. The third-order valence-corrected chi connectivity index (χ3v) is 2.44. The first-order chi connectivity index (χ1) is 6.91. The molecule has 0 aliphatic carbocycles. The molecule has 0 fully saturated rings. The molecule has 0 saturated carbocycles. The minimum absolute atomic E-state index is 0.158. The summed E-state index contributed by atoms with van der Waals surface area (Å²) in [6.07, 6.45) is -3.62. The highest BCUT2D eigenvalue weighted by molar-refractivity contribution is 7.99. The van der Waals surface area contributed by atoms with E-state index >= 15 is 0 Å². The summed E-state index contributed by atoms with van der Waals surface area (Å²) in [6, 6.07) is 0. The number of aromatic nitrogens is 3. The lowest BCUT2D eigenvalue weighted by atomic mass is 10.2. The number of hydrogen-bond donors (Lipinski definition) is 2. The maximum Gasteiger partial charge on any atom is 0.403 e. The molecule has 1 atom stereocenters. The molecule has 84 valence electrons. The van der Waals surface area contributed by atoms with Crippen molar-refractivity contribution in [3.63, 3.8) is 0 Å². The highest BCUT2D eigenvalue weighted by Crippen LogP contribution is 2.30. The van der Waals surface area contributed by atoms with Crippen molar-refractivity contribution >= 4 is 17.7 Å². The van der Waals surface area contributed by atoms with Crippen molar-refractivity contribution in [2.24, 2.45) is 5.92 Å². The Morgan fingerprint density at radius 2 is 2.33 bits per heavy atom. The number of nitrogens with zero attached hydrogens (tertiary/aromatic N) is 2. The van der Waals surface area contributed by atoms with Crippen LogP contribution in [-0.2, 0) is 4.79 Å². The molecule has 0 saturated heterocycles. The van der Waals surface area contributed by atoms with E-state index in [9.17, 15) is 18.0 Å². The van der Waals surface area contributed by atoms with Crippen LogP contribution in [-0.4, -0.2) is 38.2 Å². The number of hydrogen-bond acceptors (Lipinski definition) is 4. The number of halogens is 3. The number of alkyl halides is 3. The first-order valence-electron chi connectivity index (χ1n) is 3.69. The van der Waals surface area contributed by atoms with Gasteiger partial charge in [-0.15, -0.1) is 0 Å². The van der Waals surface area contributed by atoms with Crippen LogP contribution in [0.2, 0.25) is 0 Å². The van der Waals surface area contributed by atoms with Gasteiger partial charge in [-0.25, -0.2) is 4.98 Å². The van der Waals surface area contributed by atoms with E-state index in [0.29, 0.717) is 11.8 Å². The summed E-state index contributed by atoms with van der Waals surface area (Å²) in [4.78, 5) is 13.9. The molecule has 0 amide bonds. The van der Waals surface area contributed by atoms with Gasteiger partial charge in [0.05, 0.1) is 0 Å². The summed E-state index contributed by atoms with van der Waals surface area (Å²) < 4.78 is 36.5. The van der Waals surface area contributed by atoms with Gasteiger partial charge < -0.3 is 5.11 Å². The molecule has 0 bridgehead atoms. The Morgan fingerprint density at radius 3 is 2.73 bits per heavy atom. The molecule has 1 heterocycles. The summed E-state index contributed by atoms with van der Waals surface area (Å²) >= 11 is 0.660. The van der Waals surface area contributed by atoms with E-state index in [1.807, 2.05) is 0 Å². The molecule has 0 aliphatic rings.